The van der Waals surface area contributed by atoms with E-state index in [1.807, 2.05) is 32.0 Å². The molecule has 0 bridgehead atoms. The van der Waals surface area contributed by atoms with Gasteiger partial charge in [-0.25, -0.2) is 4.79 Å². The van der Waals surface area contributed by atoms with E-state index < -0.39 is 5.97 Å². The fraction of sp³-hybridized carbons (Fsp3) is 0.133. The van der Waals surface area contributed by atoms with E-state index in [0.717, 1.165) is 16.8 Å². The fourth-order valence-corrected chi connectivity index (χ4v) is 1.83. The highest BCUT2D eigenvalue weighted by molar-refractivity contribution is 5.91. The van der Waals surface area contributed by atoms with Crippen LogP contribution >= 0.6 is 0 Å². The van der Waals surface area contributed by atoms with Crippen LogP contribution in [-0.4, -0.2) is 16.2 Å². The lowest BCUT2D eigenvalue weighted by Crippen LogP contribution is -1.95. The number of azo groups is 1. The molecule has 2 N–H and O–H groups in total. The van der Waals surface area contributed by atoms with Gasteiger partial charge in [0.05, 0.1) is 11.4 Å². The molecular weight excluding hydrogens is 256 g/mol. The van der Waals surface area contributed by atoms with Gasteiger partial charge in [0.1, 0.15) is 11.3 Å². The summed E-state index contributed by atoms with van der Waals surface area (Å²) in [6.07, 6.45) is 0. The standard InChI is InChI=1S/C15H14N2O3/c1-9-4-3-5-10(2)14(9)17-16-11-6-7-13(18)12(8-11)15(19)20/h3-8,18H,1-2H3,(H,19,20). The Morgan fingerprint density at radius 2 is 1.70 bits per heavy atom. The maximum atomic E-state index is 10.9. The predicted octanol–water partition coefficient (Wildman–Crippen LogP) is 4.12. The van der Waals surface area contributed by atoms with Crippen molar-refractivity contribution in [2.24, 2.45) is 10.2 Å². The van der Waals surface area contributed by atoms with Gasteiger partial charge in [0.25, 0.3) is 0 Å². The lowest BCUT2D eigenvalue weighted by molar-refractivity contribution is 0.0694. The summed E-state index contributed by atoms with van der Waals surface area (Å²) in [5.74, 6) is -1.49. The van der Waals surface area contributed by atoms with Gasteiger partial charge < -0.3 is 10.2 Å². The smallest absolute Gasteiger partial charge is 0.339 e. The van der Waals surface area contributed by atoms with E-state index >= 15 is 0 Å². The van der Waals surface area contributed by atoms with Crippen LogP contribution in [0.4, 0.5) is 11.4 Å². The number of phenols is 1. The number of benzene rings is 2. The first-order valence-electron chi connectivity index (χ1n) is 6.03. The molecule has 0 saturated heterocycles. The molecule has 0 radical (unpaired) electrons. The van der Waals surface area contributed by atoms with Crippen LogP contribution in [-0.2, 0) is 0 Å². The molecule has 102 valence electrons. The van der Waals surface area contributed by atoms with E-state index in [4.69, 9.17) is 5.11 Å². The molecule has 2 aromatic carbocycles. The number of aromatic carboxylic acids is 1. The summed E-state index contributed by atoms with van der Waals surface area (Å²) in [4.78, 5) is 10.9. The van der Waals surface area contributed by atoms with Crippen molar-refractivity contribution in [3.8, 4) is 5.75 Å². The van der Waals surface area contributed by atoms with Gasteiger partial charge in [-0.1, -0.05) is 18.2 Å². The average molecular weight is 270 g/mol. The monoisotopic (exact) mass is 270 g/mol. The molecule has 5 nitrogen and oxygen atoms in total. The Labute approximate surface area is 116 Å². The first-order valence-corrected chi connectivity index (χ1v) is 6.03. The Morgan fingerprint density at radius 1 is 1.05 bits per heavy atom. The summed E-state index contributed by atoms with van der Waals surface area (Å²) in [6.45, 7) is 3.86. The minimum atomic E-state index is -1.20. The Morgan fingerprint density at radius 3 is 2.30 bits per heavy atom. The minimum absolute atomic E-state index is 0.192. The number of carbonyl (C=O) groups is 1. The summed E-state index contributed by atoms with van der Waals surface area (Å²) in [7, 11) is 0. The third-order valence-corrected chi connectivity index (χ3v) is 2.92. The van der Waals surface area contributed by atoms with Crippen molar-refractivity contribution in [1.29, 1.82) is 0 Å². The van der Waals surface area contributed by atoms with Crippen molar-refractivity contribution < 1.29 is 15.0 Å². The molecule has 0 spiro atoms. The maximum absolute atomic E-state index is 10.9. The van der Waals surface area contributed by atoms with Gasteiger partial charge in [-0.05, 0) is 43.2 Å². The molecule has 0 aliphatic heterocycles. The second-order valence-electron chi connectivity index (χ2n) is 4.45. The van der Waals surface area contributed by atoms with Crippen LogP contribution in [0.5, 0.6) is 5.75 Å². The predicted molar refractivity (Wildman–Crippen MR) is 75.2 cm³/mol. The number of carboxylic acid groups (broad SMARTS) is 1. The Bertz CT molecular complexity index is 673. The van der Waals surface area contributed by atoms with E-state index in [-0.39, 0.29) is 11.3 Å². The molecule has 0 fully saturated rings. The fourth-order valence-electron chi connectivity index (χ4n) is 1.83. The molecule has 0 saturated carbocycles. The van der Waals surface area contributed by atoms with E-state index in [9.17, 15) is 9.90 Å². The molecule has 0 atom stereocenters. The van der Waals surface area contributed by atoms with Gasteiger partial charge in [-0.15, -0.1) is 0 Å². The lowest BCUT2D eigenvalue weighted by Gasteiger charge is -2.03. The van der Waals surface area contributed by atoms with E-state index in [1.165, 1.54) is 18.2 Å². The third kappa shape index (κ3) is 2.83. The summed E-state index contributed by atoms with van der Waals surface area (Å²) >= 11 is 0. The summed E-state index contributed by atoms with van der Waals surface area (Å²) in [5, 5.41) is 26.5. The van der Waals surface area contributed by atoms with Gasteiger partial charge in [-0.2, -0.15) is 10.2 Å². The van der Waals surface area contributed by atoms with Gasteiger partial charge >= 0.3 is 5.97 Å². The maximum Gasteiger partial charge on any atom is 0.339 e. The van der Waals surface area contributed by atoms with Crippen LogP contribution in [0.2, 0.25) is 0 Å². The molecule has 0 heterocycles. The Hall–Kier alpha value is -2.69. The quantitative estimate of drug-likeness (QED) is 0.823. The van der Waals surface area contributed by atoms with Crippen LogP contribution in [0.1, 0.15) is 21.5 Å². The van der Waals surface area contributed by atoms with Crippen molar-refractivity contribution in [1.82, 2.24) is 0 Å². The van der Waals surface area contributed by atoms with Crippen molar-refractivity contribution in [2.45, 2.75) is 13.8 Å². The van der Waals surface area contributed by atoms with E-state index in [0.29, 0.717) is 5.69 Å². The van der Waals surface area contributed by atoms with Crippen molar-refractivity contribution in [2.75, 3.05) is 0 Å². The van der Waals surface area contributed by atoms with Gasteiger partial charge in [0.15, 0.2) is 0 Å². The first-order chi connectivity index (χ1) is 9.49. The van der Waals surface area contributed by atoms with Gasteiger partial charge in [0.2, 0.25) is 0 Å². The molecular formula is C15H14N2O3. The highest BCUT2D eigenvalue weighted by Crippen LogP contribution is 2.28. The highest BCUT2D eigenvalue weighted by Gasteiger charge is 2.10. The minimum Gasteiger partial charge on any atom is -0.507 e. The molecule has 2 aromatic rings. The summed E-state index contributed by atoms with van der Waals surface area (Å²) < 4.78 is 0. The zero-order valence-corrected chi connectivity index (χ0v) is 11.2. The van der Waals surface area contributed by atoms with Crippen molar-refractivity contribution in [3.63, 3.8) is 0 Å². The largest absolute Gasteiger partial charge is 0.507 e. The molecule has 0 aliphatic carbocycles. The second kappa shape index (κ2) is 5.52. The highest BCUT2D eigenvalue weighted by atomic mass is 16.4. The molecule has 0 amide bonds. The van der Waals surface area contributed by atoms with Crippen molar-refractivity contribution in [3.05, 3.63) is 53.1 Å². The number of aryl methyl sites for hydroxylation is 2. The Kier molecular flexibility index (Phi) is 3.79. The summed E-state index contributed by atoms with van der Waals surface area (Å²) in [5.41, 5.74) is 2.93. The number of carboxylic acids is 1. The van der Waals surface area contributed by atoms with Crippen LogP contribution in [0.3, 0.4) is 0 Å². The zero-order chi connectivity index (χ0) is 14.7. The second-order valence-corrected chi connectivity index (χ2v) is 4.45. The molecule has 5 heteroatoms. The molecule has 0 aliphatic rings. The van der Waals surface area contributed by atoms with Crippen LogP contribution < -0.4 is 0 Å². The van der Waals surface area contributed by atoms with Crippen LogP contribution in [0.25, 0.3) is 0 Å². The average Bonchev–Trinajstić information content (AvgIpc) is 2.39. The van der Waals surface area contributed by atoms with Gasteiger partial charge in [-0.3, -0.25) is 0 Å². The molecule has 20 heavy (non-hydrogen) atoms. The number of hydrogen-bond donors (Lipinski definition) is 2. The van der Waals surface area contributed by atoms with Crippen LogP contribution in [0.15, 0.2) is 46.6 Å². The summed E-state index contributed by atoms with van der Waals surface area (Å²) in [6, 6.07) is 9.89. The van der Waals surface area contributed by atoms with E-state index in [1.54, 1.807) is 0 Å². The normalized spacial score (nSPS) is 10.9. The number of rotatable bonds is 3. The molecule has 0 unspecified atom stereocenters. The number of aromatic hydroxyl groups is 1. The zero-order valence-electron chi connectivity index (χ0n) is 11.2. The first kappa shape index (κ1) is 13.7. The Balaban J connectivity index is 2.37. The van der Waals surface area contributed by atoms with Crippen molar-refractivity contribution >= 4 is 17.3 Å². The van der Waals surface area contributed by atoms with Crippen LogP contribution in [0, 0.1) is 13.8 Å². The number of nitrogens with zero attached hydrogens (tertiary/aromatic N) is 2. The molecule has 0 aromatic heterocycles. The topological polar surface area (TPSA) is 82.2 Å². The lowest BCUT2D eigenvalue weighted by atomic mass is 10.1. The van der Waals surface area contributed by atoms with Gasteiger partial charge in [0, 0.05) is 0 Å². The molecule has 2 rings (SSSR count). The van der Waals surface area contributed by atoms with E-state index in [2.05, 4.69) is 10.2 Å². The number of hydrogen-bond acceptors (Lipinski definition) is 4. The SMILES string of the molecule is Cc1cccc(C)c1N=Nc1ccc(O)c(C(=O)O)c1. The third-order valence-electron chi connectivity index (χ3n) is 2.92.